The Bertz CT molecular complexity index is 398. The summed E-state index contributed by atoms with van der Waals surface area (Å²) in [6, 6.07) is 2.44. The predicted molar refractivity (Wildman–Crippen MR) is 65.7 cm³/mol. The quantitative estimate of drug-likeness (QED) is 0.817. The Hall–Kier alpha value is -1.16. The third-order valence-electron chi connectivity index (χ3n) is 2.86. The van der Waals surface area contributed by atoms with Gasteiger partial charge in [-0.1, -0.05) is 0 Å². The fourth-order valence-corrected chi connectivity index (χ4v) is 1.75. The number of nitrogens with one attached hydrogen (secondary N) is 1. The SMILES string of the molecule is CNC(C)CCCn1c(C)cc(C)nc1=O. The monoisotopic (exact) mass is 223 g/mol. The Balaban J connectivity index is 2.64. The first-order valence-corrected chi connectivity index (χ1v) is 5.77. The van der Waals surface area contributed by atoms with E-state index in [-0.39, 0.29) is 5.69 Å². The maximum absolute atomic E-state index is 11.6. The molecule has 0 bridgehead atoms. The van der Waals surface area contributed by atoms with Crippen molar-refractivity contribution in [3.05, 3.63) is 27.9 Å². The minimum atomic E-state index is -0.130. The molecule has 90 valence electrons. The van der Waals surface area contributed by atoms with Crippen LogP contribution in [0.3, 0.4) is 0 Å². The van der Waals surface area contributed by atoms with Crippen LogP contribution in [0.4, 0.5) is 0 Å². The van der Waals surface area contributed by atoms with Gasteiger partial charge in [-0.3, -0.25) is 4.57 Å². The van der Waals surface area contributed by atoms with Crippen LogP contribution >= 0.6 is 0 Å². The van der Waals surface area contributed by atoms with Gasteiger partial charge >= 0.3 is 5.69 Å². The van der Waals surface area contributed by atoms with E-state index in [0.717, 1.165) is 30.8 Å². The number of nitrogens with zero attached hydrogens (tertiary/aromatic N) is 2. The third-order valence-corrected chi connectivity index (χ3v) is 2.86. The molecule has 0 aromatic carbocycles. The molecule has 1 atom stereocenters. The first-order chi connectivity index (χ1) is 7.54. The van der Waals surface area contributed by atoms with Crippen molar-refractivity contribution < 1.29 is 0 Å². The van der Waals surface area contributed by atoms with Crippen LogP contribution in [0.5, 0.6) is 0 Å². The minimum Gasteiger partial charge on any atom is -0.317 e. The minimum absolute atomic E-state index is 0.130. The summed E-state index contributed by atoms with van der Waals surface area (Å²) in [5.74, 6) is 0. The van der Waals surface area contributed by atoms with Gasteiger partial charge in [0.05, 0.1) is 0 Å². The summed E-state index contributed by atoms with van der Waals surface area (Å²) < 4.78 is 1.75. The van der Waals surface area contributed by atoms with Crippen molar-refractivity contribution in [1.82, 2.24) is 14.9 Å². The Morgan fingerprint density at radius 1 is 1.50 bits per heavy atom. The largest absolute Gasteiger partial charge is 0.347 e. The summed E-state index contributed by atoms with van der Waals surface area (Å²) >= 11 is 0. The van der Waals surface area contributed by atoms with Gasteiger partial charge in [-0.2, -0.15) is 4.98 Å². The number of hydrogen-bond donors (Lipinski definition) is 1. The molecule has 1 aromatic heterocycles. The van der Waals surface area contributed by atoms with Crippen LogP contribution in [0.25, 0.3) is 0 Å². The summed E-state index contributed by atoms with van der Waals surface area (Å²) in [6.07, 6.45) is 2.06. The third kappa shape index (κ3) is 3.45. The van der Waals surface area contributed by atoms with Crippen LogP contribution in [0, 0.1) is 13.8 Å². The standard InChI is InChI=1S/C12H21N3O/c1-9(13-4)6-5-7-15-11(3)8-10(2)14-12(15)16/h8-9,13H,5-7H2,1-4H3. The highest BCUT2D eigenvalue weighted by molar-refractivity contribution is 5.06. The van der Waals surface area contributed by atoms with Gasteiger partial charge in [-0.15, -0.1) is 0 Å². The van der Waals surface area contributed by atoms with E-state index >= 15 is 0 Å². The highest BCUT2D eigenvalue weighted by Crippen LogP contribution is 2.01. The molecule has 0 saturated carbocycles. The highest BCUT2D eigenvalue weighted by atomic mass is 16.1. The zero-order valence-corrected chi connectivity index (χ0v) is 10.6. The van der Waals surface area contributed by atoms with Gasteiger partial charge in [-0.25, -0.2) is 4.79 Å². The number of rotatable bonds is 5. The fraction of sp³-hybridized carbons (Fsp3) is 0.667. The molecule has 0 amide bonds. The zero-order chi connectivity index (χ0) is 12.1. The second-order valence-electron chi connectivity index (χ2n) is 4.31. The van der Waals surface area contributed by atoms with Crippen molar-refractivity contribution in [3.63, 3.8) is 0 Å². The van der Waals surface area contributed by atoms with E-state index in [1.807, 2.05) is 27.0 Å². The van der Waals surface area contributed by atoms with Gasteiger partial charge < -0.3 is 5.32 Å². The lowest BCUT2D eigenvalue weighted by atomic mass is 10.2. The Kier molecular flexibility index (Phi) is 4.68. The van der Waals surface area contributed by atoms with Crippen molar-refractivity contribution in [2.45, 2.75) is 46.2 Å². The molecule has 0 aliphatic rings. The van der Waals surface area contributed by atoms with Gasteiger partial charge in [-0.05, 0) is 46.7 Å². The molecule has 0 saturated heterocycles. The van der Waals surface area contributed by atoms with Gasteiger partial charge in [0.2, 0.25) is 0 Å². The van der Waals surface area contributed by atoms with Crippen molar-refractivity contribution >= 4 is 0 Å². The number of aryl methyl sites for hydroxylation is 2. The van der Waals surface area contributed by atoms with Crippen LogP contribution in [0.15, 0.2) is 10.9 Å². The van der Waals surface area contributed by atoms with Crippen molar-refractivity contribution in [3.8, 4) is 0 Å². The van der Waals surface area contributed by atoms with E-state index in [9.17, 15) is 4.79 Å². The molecule has 4 nitrogen and oxygen atoms in total. The van der Waals surface area contributed by atoms with Gasteiger partial charge in [0.1, 0.15) is 0 Å². The van der Waals surface area contributed by atoms with E-state index in [2.05, 4.69) is 17.2 Å². The van der Waals surface area contributed by atoms with E-state index in [1.165, 1.54) is 0 Å². The second kappa shape index (κ2) is 5.80. The van der Waals surface area contributed by atoms with Crippen LogP contribution < -0.4 is 11.0 Å². The Labute approximate surface area is 96.7 Å². The van der Waals surface area contributed by atoms with Gasteiger partial charge in [0, 0.05) is 24.0 Å². The molecule has 1 aromatic rings. The maximum Gasteiger partial charge on any atom is 0.347 e. The molecule has 0 aliphatic heterocycles. The lowest BCUT2D eigenvalue weighted by molar-refractivity contribution is 0.493. The van der Waals surface area contributed by atoms with E-state index in [0.29, 0.717) is 6.04 Å². The predicted octanol–water partition coefficient (Wildman–Crippen LogP) is 1.25. The van der Waals surface area contributed by atoms with Crippen LogP contribution in [-0.2, 0) is 6.54 Å². The average molecular weight is 223 g/mol. The molecular weight excluding hydrogens is 202 g/mol. The van der Waals surface area contributed by atoms with Gasteiger partial charge in [0.15, 0.2) is 0 Å². The van der Waals surface area contributed by atoms with E-state index in [4.69, 9.17) is 0 Å². The molecule has 0 aliphatic carbocycles. The topological polar surface area (TPSA) is 46.9 Å². The summed E-state index contributed by atoms with van der Waals surface area (Å²) in [7, 11) is 1.95. The molecule has 16 heavy (non-hydrogen) atoms. The molecule has 0 fully saturated rings. The van der Waals surface area contributed by atoms with Crippen LogP contribution in [0.1, 0.15) is 31.2 Å². The summed E-state index contributed by atoms with van der Waals surface area (Å²) in [5.41, 5.74) is 1.66. The van der Waals surface area contributed by atoms with E-state index < -0.39 is 0 Å². The normalized spacial score (nSPS) is 12.8. The molecule has 1 unspecified atom stereocenters. The number of aromatic nitrogens is 2. The maximum atomic E-state index is 11.6. The summed E-state index contributed by atoms with van der Waals surface area (Å²) in [5, 5.41) is 3.19. The summed E-state index contributed by atoms with van der Waals surface area (Å²) in [4.78, 5) is 15.6. The molecule has 1 heterocycles. The highest BCUT2D eigenvalue weighted by Gasteiger charge is 2.03. The van der Waals surface area contributed by atoms with Crippen LogP contribution in [0.2, 0.25) is 0 Å². The molecule has 1 N–H and O–H groups in total. The van der Waals surface area contributed by atoms with Crippen molar-refractivity contribution in [2.24, 2.45) is 0 Å². The average Bonchev–Trinajstić information content (AvgIpc) is 2.21. The second-order valence-corrected chi connectivity index (χ2v) is 4.31. The zero-order valence-electron chi connectivity index (χ0n) is 10.6. The van der Waals surface area contributed by atoms with Crippen molar-refractivity contribution in [2.75, 3.05) is 7.05 Å². The first-order valence-electron chi connectivity index (χ1n) is 5.77. The summed E-state index contributed by atoms with van der Waals surface area (Å²) in [6.45, 7) is 6.70. The smallest absolute Gasteiger partial charge is 0.317 e. The van der Waals surface area contributed by atoms with Crippen molar-refractivity contribution in [1.29, 1.82) is 0 Å². The lowest BCUT2D eigenvalue weighted by Crippen LogP contribution is -2.27. The van der Waals surface area contributed by atoms with Crippen LogP contribution in [-0.4, -0.2) is 22.6 Å². The fourth-order valence-electron chi connectivity index (χ4n) is 1.75. The van der Waals surface area contributed by atoms with Gasteiger partial charge in [0.25, 0.3) is 0 Å². The number of hydrogen-bond acceptors (Lipinski definition) is 3. The molecule has 4 heteroatoms. The van der Waals surface area contributed by atoms with E-state index in [1.54, 1.807) is 4.57 Å². The molecule has 0 spiro atoms. The Morgan fingerprint density at radius 3 is 2.75 bits per heavy atom. The Morgan fingerprint density at radius 2 is 2.19 bits per heavy atom. The molecule has 0 radical (unpaired) electrons. The molecule has 1 rings (SSSR count). The first kappa shape index (κ1) is 12.9. The lowest BCUT2D eigenvalue weighted by Gasteiger charge is -2.12. The molecular formula is C12H21N3O.